The van der Waals surface area contributed by atoms with E-state index in [0.29, 0.717) is 0 Å². The molecule has 1 unspecified atom stereocenters. The van der Waals surface area contributed by atoms with Crippen molar-refractivity contribution >= 4 is 11.8 Å². The van der Waals surface area contributed by atoms with E-state index in [9.17, 15) is 0 Å². The number of para-hydroxylation sites is 1. The first-order chi connectivity index (χ1) is 10.3. The lowest BCUT2D eigenvalue weighted by molar-refractivity contribution is 0.211. The number of benzene rings is 1. The van der Waals surface area contributed by atoms with Gasteiger partial charge in [0.05, 0.1) is 0 Å². The summed E-state index contributed by atoms with van der Waals surface area (Å²) in [4.78, 5) is 2.54. The van der Waals surface area contributed by atoms with Crippen LogP contribution in [0.1, 0.15) is 25.8 Å². The zero-order valence-electron chi connectivity index (χ0n) is 13.3. The minimum Gasteiger partial charge on any atom is -0.492 e. The van der Waals surface area contributed by atoms with E-state index in [-0.39, 0.29) is 0 Å². The third-order valence-corrected chi connectivity index (χ3v) is 5.25. The van der Waals surface area contributed by atoms with Crippen LogP contribution < -0.4 is 10.1 Å². The topological polar surface area (TPSA) is 24.5 Å². The minimum absolute atomic E-state index is 0.782. The summed E-state index contributed by atoms with van der Waals surface area (Å²) in [5, 5.41) is 4.17. The number of hydrogen-bond acceptors (Lipinski definition) is 4. The van der Waals surface area contributed by atoms with Crippen LogP contribution in [0.15, 0.2) is 24.3 Å². The SMILES string of the molecule is CCNCc1ccccc1OCCN1CCSC(CC)C1. The summed E-state index contributed by atoms with van der Waals surface area (Å²) in [5.74, 6) is 2.28. The van der Waals surface area contributed by atoms with Gasteiger partial charge in [0.2, 0.25) is 0 Å². The first kappa shape index (κ1) is 16.7. The van der Waals surface area contributed by atoms with Gasteiger partial charge < -0.3 is 10.1 Å². The number of nitrogens with one attached hydrogen (secondary N) is 1. The van der Waals surface area contributed by atoms with E-state index >= 15 is 0 Å². The number of thioether (sulfide) groups is 1. The summed E-state index contributed by atoms with van der Waals surface area (Å²) in [7, 11) is 0. The summed E-state index contributed by atoms with van der Waals surface area (Å²) in [5.41, 5.74) is 1.25. The van der Waals surface area contributed by atoms with Crippen LogP contribution in [0.4, 0.5) is 0 Å². The molecular weight excluding hydrogens is 280 g/mol. The molecule has 0 bridgehead atoms. The van der Waals surface area contributed by atoms with Crippen LogP contribution in [0.25, 0.3) is 0 Å². The van der Waals surface area contributed by atoms with E-state index in [0.717, 1.165) is 37.2 Å². The second kappa shape index (κ2) is 9.34. The van der Waals surface area contributed by atoms with Crippen LogP contribution in [0, 0.1) is 0 Å². The molecule has 0 amide bonds. The molecule has 4 heteroatoms. The van der Waals surface area contributed by atoms with E-state index in [1.807, 2.05) is 0 Å². The largest absolute Gasteiger partial charge is 0.492 e. The highest BCUT2D eigenvalue weighted by Gasteiger charge is 2.18. The Kier molecular flexibility index (Phi) is 7.41. The first-order valence-electron chi connectivity index (χ1n) is 8.08. The van der Waals surface area contributed by atoms with Gasteiger partial charge in [-0.15, -0.1) is 0 Å². The fourth-order valence-electron chi connectivity index (χ4n) is 2.57. The quantitative estimate of drug-likeness (QED) is 0.798. The lowest BCUT2D eigenvalue weighted by Gasteiger charge is -2.31. The van der Waals surface area contributed by atoms with Crippen molar-refractivity contribution in [3.63, 3.8) is 0 Å². The Morgan fingerprint density at radius 2 is 2.19 bits per heavy atom. The van der Waals surface area contributed by atoms with Crippen LogP contribution in [-0.2, 0) is 6.54 Å². The zero-order valence-corrected chi connectivity index (χ0v) is 14.1. The van der Waals surface area contributed by atoms with Gasteiger partial charge in [0.25, 0.3) is 0 Å². The number of nitrogens with zero attached hydrogens (tertiary/aromatic N) is 1. The zero-order chi connectivity index (χ0) is 14.9. The molecule has 1 fully saturated rings. The highest BCUT2D eigenvalue weighted by atomic mass is 32.2. The van der Waals surface area contributed by atoms with Gasteiger partial charge in [-0.05, 0) is 19.0 Å². The van der Waals surface area contributed by atoms with E-state index in [2.05, 4.69) is 60.1 Å². The predicted molar refractivity (Wildman–Crippen MR) is 92.3 cm³/mol. The Bertz CT molecular complexity index is 414. The Labute approximate surface area is 133 Å². The molecule has 1 aliphatic rings. The minimum atomic E-state index is 0.782. The molecule has 1 aromatic carbocycles. The van der Waals surface area contributed by atoms with Crippen molar-refractivity contribution in [2.75, 3.05) is 38.5 Å². The van der Waals surface area contributed by atoms with Gasteiger partial charge in [0.1, 0.15) is 12.4 Å². The molecule has 1 N–H and O–H groups in total. The molecule has 1 heterocycles. The summed E-state index contributed by atoms with van der Waals surface area (Å²) < 4.78 is 6.02. The lowest BCUT2D eigenvalue weighted by atomic mass is 10.2. The Balaban J connectivity index is 1.77. The van der Waals surface area contributed by atoms with Crippen LogP contribution in [0.2, 0.25) is 0 Å². The maximum absolute atomic E-state index is 6.02. The molecule has 3 nitrogen and oxygen atoms in total. The van der Waals surface area contributed by atoms with Crippen molar-refractivity contribution in [3.05, 3.63) is 29.8 Å². The Morgan fingerprint density at radius 3 is 3.00 bits per heavy atom. The number of hydrogen-bond donors (Lipinski definition) is 1. The van der Waals surface area contributed by atoms with E-state index in [1.165, 1.54) is 30.8 Å². The lowest BCUT2D eigenvalue weighted by Crippen LogP contribution is -2.39. The maximum Gasteiger partial charge on any atom is 0.123 e. The van der Waals surface area contributed by atoms with Crippen LogP contribution in [-0.4, -0.2) is 48.7 Å². The monoisotopic (exact) mass is 308 g/mol. The molecular formula is C17H28N2OS. The van der Waals surface area contributed by atoms with Crippen LogP contribution in [0.3, 0.4) is 0 Å². The van der Waals surface area contributed by atoms with Crippen molar-refractivity contribution in [1.82, 2.24) is 10.2 Å². The van der Waals surface area contributed by atoms with Crippen molar-refractivity contribution < 1.29 is 4.74 Å². The van der Waals surface area contributed by atoms with E-state index < -0.39 is 0 Å². The van der Waals surface area contributed by atoms with Crippen molar-refractivity contribution in [2.24, 2.45) is 0 Å². The molecule has 1 aliphatic heterocycles. The van der Waals surface area contributed by atoms with Gasteiger partial charge in [-0.25, -0.2) is 0 Å². The summed E-state index contributed by atoms with van der Waals surface area (Å²) in [6, 6.07) is 8.35. The van der Waals surface area contributed by atoms with Gasteiger partial charge in [-0.3, -0.25) is 4.90 Å². The molecule has 0 spiro atoms. The van der Waals surface area contributed by atoms with Crippen molar-refractivity contribution in [2.45, 2.75) is 32.1 Å². The standard InChI is InChI=1S/C17H28N2OS/c1-3-16-14-19(10-12-21-16)9-11-20-17-8-6-5-7-15(17)13-18-4-2/h5-8,16,18H,3-4,9-14H2,1-2H3. The molecule has 118 valence electrons. The molecule has 21 heavy (non-hydrogen) atoms. The fraction of sp³-hybridized carbons (Fsp3) is 0.647. The third-order valence-electron chi connectivity index (χ3n) is 3.88. The predicted octanol–water partition coefficient (Wildman–Crippen LogP) is 3.00. The normalized spacial score (nSPS) is 19.6. The third kappa shape index (κ3) is 5.53. The van der Waals surface area contributed by atoms with E-state index in [4.69, 9.17) is 4.74 Å². The number of ether oxygens (including phenoxy) is 1. The molecule has 0 saturated carbocycles. The average molecular weight is 308 g/mol. The van der Waals surface area contributed by atoms with Crippen LogP contribution in [0.5, 0.6) is 5.75 Å². The Morgan fingerprint density at radius 1 is 1.33 bits per heavy atom. The highest BCUT2D eigenvalue weighted by Crippen LogP contribution is 2.21. The second-order valence-corrected chi connectivity index (χ2v) is 6.85. The average Bonchev–Trinajstić information content (AvgIpc) is 2.54. The molecule has 1 saturated heterocycles. The molecule has 1 aromatic rings. The molecule has 0 aromatic heterocycles. The smallest absolute Gasteiger partial charge is 0.123 e. The summed E-state index contributed by atoms with van der Waals surface area (Å²) in [6.07, 6.45) is 1.27. The summed E-state index contributed by atoms with van der Waals surface area (Å²) >= 11 is 2.12. The Hall–Kier alpha value is -0.710. The highest BCUT2D eigenvalue weighted by molar-refractivity contribution is 8.00. The van der Waals surface area contributed by atoms with Gasteiger partial charge in [0.15, 0.2) is 0 Å². The fourth-order valence-corrected chi connectivity index (χ4v) is 3.81. The van der Waals surface area contributed by atoms with Gasteiger partial charge >= 0.3 is 0 Å². The number of rotatable bonds is 8. The first-order valence-corrected chi connectivity index (χ1v) is 9.13. The molecule has 2 rings (SSSR count). The molecule has 0 radical (unpaired) electrons. The maximum atomic E-state index is 6.02. The molecule has 0 aliphatic carbocycles. The second-order valence-electron chi connectivity index (χ2n) is 5.44. The van der Waals surface area contributed by atoms with Crippen LogP contribution >= 0.6 is 11.8 Å². The van der Waals surface area contributed by atoms with Crippen molar-refractivity contribution in [1.29, 1.82) is 0 Å². The molecule has 1 atom stereocenters. The van der Waals surface area contributed by atoms with Gasteiger partial charge in [-0.1, -0.05) is 32.0 Å². The van der Waals surface area contributed by atoms with E-state index in [1.54, 1.807) is 0 Å². The van der Waals surface area contributed by atoms with Crippen molar-refractivity contribution in [3.8, 4) is 5.75 Å². The van der Waals surface area contributed by atoms with Gasteiger partial charge in [0, 0.05) is 42.7 Å². The summed E-state index contributed by atoms with van der Waals surface area (Å²) in [6.45, 7) is 10.5. The van der Waals surface area contributed by atoms with Gasteiger partial charge in [-0.2, -0.15) is 11.8 Å².